The molecule has 0 aromatic carbocycles. The summed E-state index contributed by atoms with van der Waals surface area (Å²) in [6.45, 7) is 5.80. The summed E-state index contributed by atoms with van der Waals surface area (Å²) in [5, 5.41) is 6.52. The van der Waals surface area contributed by atoms with Crippen molar-refractivity contribution in [2.75, 3.05) is 0 Å². The van der Waals surface area contributed by atoms with Crippen LogP contribution < -0.4 is 11.1 Å². The zero-order valence-corrected chi connectivity index (χ0v) is 9.28. The van der Waals surface area contributed by atoms with Crippen LogP contribution >= 0.6 is 0 Å². The van der Waals surface area contributed by atoms with Gasteiger partial charge < -0.3 is 15.6 Å². The molecular formula is C10H17N3O2. The molecule has 0 aliphatic carbocycles. The van der Waals surface area contributed by atoms with E-state index in [9.17, 15) is 4.79 Å². The average molecular weight is 211 g/mol. The minimum absolute atomic E-state index is 0.0642. The molecule has 3 N–H and O–H groups in total. The van der Waals surface area contributed by atoms with E-state index in [1.54, 1.807) is 13.0 Å². The first-order valence-electron chi connectivity index (χ1n) is 4.96. The zero-order valence-electron chi connectivity index (χ0n) is 9.28. The highest BCUT2D eigenvalue weighted by Gasteiger charge is 2.16. The van der Waals surface area contributed by atoms with Crippen LogP contribution in [0.3, 0.4) is 0 Å². The van der Waals surface area contributed by atoms with Crippen LogP contribution in [0.5, 0.6) is 0 Å². The highest BCUT2D eigenvalue weighted by atomic mass is 16.5. The zero-order chi connectivity index (χ0) is 11.4. The number of amides is 1. The van der Waals surface area contributed by atoms with Gasteiger partial charge in [-0.3, -0.25) is 4.79 Å². The van der Waals surface area contributed by atoms with Gasteiger partial charge in [0.15, 0.2) is 0 Å². The Morgan fingerprint density at radius 2 is 2.33 bits per heavy atom. The van der Waals surface area contributed by atoms with Crippen LogP contribution in [0.2, 0.25) is 0 Å². The lowest BCUT2D eigenvalue weighted by molar-refractivity contribution is -0.125. The molecule has 0 spiro atoms. The normalized spacial score (nSPS) is 14.7. The molecule has 5 heteroatoms. The third-order valence-electron chi connectivity index (χ3n) is 2.32. The Labute approximate surface area is 89.0 Å². The second-order valence-electron chi connectivity index (χ2n) is 3.79. The number of hydrogen-bond acceptors (Lipinski definition) is 4. The SMILES string of the molecule is Cc1cc(CNC(=O)C(C)C(C)N)no1. The van der Waals surface area contributed by atoms with E-state index in [0.29, 0.717) is 6.54 Å². The van der Waals surface area contributed by atoms with Crippen molar-refractivity contribution in [3.8, 4) is 0 Å². The van der Waals surface area contributed by atoms with E-state index >= 15 is 0 Å². The number of carbonyl (C=O) groups excluding carboxylic acids is 1. The van der Waals surface area contributed by atoms with Crippen molar-refractivity contribution in [1.29, 1.82) is 0 Å². The van der Waals surface area contributed by atoms with E-state index in [2.05, 4.69) is 10.5 Å². The van der Waals surface area contributed by atoms with Crippen molar-refractivity contribution < 1.29 is 9.32 Å². The van der Waals surface area contributed by atoms with Gasteiger partial charge in [-0.25, -0.2) is 0 Å². The number of aromatic nitrogens is 1. The van der Waals surface area contributed by atoms with Crippen LogP contribution in [-0.4, -0.2) is 17.1 Å². The van der Waals surface area contributed by atoms with Crippen molar-refractivity contribution in [3.05, 3.63) is 17.5 Å². The lowest BCUT2D eigenvalue weighted by Gasteiger charge is -2.14. The molecule has 1 aromatic heterocycles. The third kappa shape index (κ3) is 3.36. The van der Waals surface area contributed by atoms with Gasteiger partial charge in [0.2, 0.25) is 5.91 Å². The number of aryl methyl sites for hydroxylation is 1. The van der Waals surface area contributed by atoms with Crippen LogP contribution in [0, 0.1) is 12.8 Å². The third-order valence-corrected chi connectivity index (χ3v) is 2.32. The van der Waals surface area contributed by atoms with Gasteiger partial charge in [0.25, 0.3) is 0 Å². The number of hydrogen-bond donors (Lipinski definition) is 2. The molecule has 1 rings (SSSR count). The first-order valence-corrected chi connectivity index (χ1v) is 4.96. The second kappa shape index (κ2) is 4.93. The second-order valence-corrected chi connectivity index (χ2v) is 3.79. The molecule has 0 saturated heterocycles. The number of nitrogens with two attached hydrogens (primary N) is 1. The standard InChI is InChI=1S/C10H17N3O2/c1-6-4-9(13-15-6)5-12-10(14)7(2)8(3)11/h4,7-8H,5,11H2,1-3H3,(H,12,14). The molecule has 84 valence electrons. The predicted molar refractivity (Wildman–Crippen MR) is 55.9 cm³/mol. The topological polar surface area (TPSA) is 81.2 Å². The number of rotatable bonds is 4. The fraction of sp³-hybridized carbons (Fsp3) is 0.600. The van der Waals surface area contributed by atoms with Crippen LogP contribution in [0.15, 0.2) is 10.6 Å². The van der Waals surface area contributed by atoms with Gasteiger partial charge in [0, 0.05) is 18.0 Å². The number of nitrogens with zero attached hydrogens (tertiary/aromatic N) is 1. The van der Waals surface area contributed by atoms with E-state index in [0.717, 1.165) is 11.5 Å². The van der Waals surface area contributed by atoms with Crippen molar-refractivity contribution in [2.24, 2.45) is 11.7 Å². The molecule has 2 unspecified atom stereocenters. The molecule has 1 heterocycles. The fourth-order valence-corrected chi connectivity index (χ4v) is 1.08. The van der Waals surface area contributed by atoms with E-state index in [1.807, 2.05) is 13.8 Å². The molecule has 0 aliphatic rings. The predicted octanol–water partition coefficient (Wildman–Crippen LogP) is 0.583. The molecule has 15 heavy (non-hydrogen) atoms. The minimum atomic E-state index is -0.196. The van der Waals surface area contributed by atoms with Crippen LogP contribution in [0.1, 0.15) is 25.3 Å². The first-order chi connectivity index (χ1) is 7.00. The maximum Gasteiger partial charge on any atom is 0.224 e. The summed E-state index contributed by atoms with van der Waals surface area (Å²) in [5.41, 5.74) is 6.34. The van der Waals surface area contributed by atoms with Gasteiger partial charge in [-0.2, -0.15) is 0 Å². The van der Waals surface area contributed by atoms with Crippen molar-refractivity contribution in [3.63, 3.8) is 0 Å². The quantitative estimate of drug-likeness (QED) is 0.763. The summed E-state index contributed by atoms with van der Waals surface area (Å²) in [4.78, 5) is 11.5. The van der Waals surface area contributed by atoms with Crippen LogP contribution in [0.25, 0.3) is 0 Å². The van der Waals surface area contributed by atoms with Gasteiger partial charge in [-0.1, -0.05) is 12.1 Å². The van der Waals surface area contributed by atoms with Crippen LogP contribution in [-0.2, 0) is 11.3 Å². The van der Waals surface area contributed by atoms with Gasteiger partial charge in [-0.05, 0) is 13.8 Å². The van der Waals surface area contributed by atoms with E-state index in [4.69, 9.17) is 10.3 Å². The molecule has 0 radical (unpaired) electrons. The monoisotopic (exact) mass is 211 g/mol. The summed E-state index contributed by atoms with van der Waals surface area (Å²) >= 11 is 0. The first kappa shape index (κ1) is 11.7. The lowest BCUT2D eigenvalue weighted by atomic mass is 10.0. The Morgan fingerprint density at radius 3 is 2.80 bits per heavy atom. The smallest absolute Gasteiger partial charge is 0.224 e. The molecule has 0 bridgehead atoms. The average Bonchev–Trinajstić information content (AvgIpc) is 2.59. The molecule has 0 saturated carbocycles. The largest absolute Gasteiger partial charge is 0.361 e. The maximum absolute atomic E-state index is 11.5. The fourth-order valence-electron chi connectivity index (χ4n) is 1.08. The lowest BCUT2D eigenvalue weighted by Crippen LogP contribution is -2.38. The molecule has 5 nitrogen and oxygen atoms in total. The van der Waals surface area contributed by atoms with Crippen molar-refractivity contribution >= 4 is 5.91 Å². The summed E-state index contributed by atoms with van der Waals surface area (Å²) in [5.74, 6) is 0.475. The van der Waals surface area contributed by atoms with Gasteiger partial charge in [0.05, 0.1) is 6.54 Å². The summed E-state index contributed by atoms with van der Waals surface area (Å²) < 4.78 is 4.88. The summed E-state index contributed by atoms with van der Waals surface area (Å²) in [7, 11) is 0. The molecule has 0 aliphatic heterocycles. The number of carbonyl (C=O) groups is 1. The Hall–Kier alpha value is -1.36. The molecule has 1 amide bonds. The van der Waals surface area contributed by atoms with Crippen molar-refractivity contribution in [2.45, 2.75) is 33.4 Å². The molecule has 0 fully saturated rings. The van der Waals surface area contributed by atoms with Gasteiger partial charge in [-0.15, -0.1) is 0 Å². The highest BCUT2D eigenvalue weighted by molar-refractivity contribution is 5.78. The van der Waals surface area contributed by atoms with Gasteiger partial charge >= 0.3 is 0 Å². The Bertz CT molecular complexity index is 333. The van der Waals surface area contributed by atoms with Crippen molar-refractivity contribution in [1.82, 2.24) is 10.5 Å². The maximum atomic E-state index is 11.5. The summed E-state index contributed by atoms with van der Waals surface area (Å²) in [6.07, 6.45) is 0. The number of nitrogens with one attached hydrogen (secondary N) is 1. The van der Waals surface area contributed by atoms with E-state index in [-0.39, 0.29) is 17.9 Å². The Morgan fingerprint density at radius 1 is 1.67 bits per heavy atom. The minimum Gasteiger partial charge on any atom is -0.361 e. The van der Waals surface area contributed by atoms with Gasteiger partial charge in [0.1, 0.15) is 11.5 Å². The molecular weight excluding hydrogens is 194 g/mol. The molecule has 1 aromatic rings. The van der Waals surface area contributed by atoms with E-state index in [1.165, 1.54) is 0 Å². The Balaban J connectivity index is 2.40. The Kier molecular flexibility index (Phi) is 3.85. The highest BCUT2D eigenvalue weighted by Crippen LogP contribution is 2.03. The summed E-state index contributed by atoms with van der Waals surface area (Å²) in [6, 6.07) is 1.64. The van der Waals surface area contributed by atoms with Crippen LogP contribution in [0.4, 0.5) is 0 Å². The molecule has 2 atom stereocenters. The van der Waals surface area contributed by atoms with E-state index < -0.39 is 0 Å².